The molecule has 0 aliphatic rings. The van der Waals surface area contributed by atoms with E-state index in [0.717, 1.165) is 17.1 Å². The Bertz CT molecular complexity index is 499. The number of nitrogen functional groups attached to an aromatic ring is 1. The van der Waals surface area contributed by atoms with Gasteiger partial charge in [0.1, 0.15) is 5.75 Å². The van der Waals surface area contributed by atoms with Crippen LogP contribution in [0.5, 0.6) is 5.75 Å². The maximum Gasteiger partial charge on any atom is 0.142 e. The molecule has 0 aliphatic carbocycles. The Balaban J connectivity index is 1.80. The highest BCUT2D eigenvalue weighted by atomic mass is 32.2. The van der Waals surface area contributed by atoms with Crippen LogP contribution in [0.4, 0.5) is 5.69 Å². The predicted molar refractivity (Wildman–Crippen MR) is 78.3 cm³/mol. The SMILES string of the molecule is Cc1ccc(N)c(OCCSc2ccccc2)c1. The Labute approximate surface area is 112 Å². The summed E-state index contributed by atoms with van der Waals surface area (Å²) in [7, 11) is 0. The summed E-state index contributed by atoms with van der Waals surface area (Å²) in [5, 5.41) is 0. The van der Waals surface area contributed by atoms with Gasteiger partial charge in [-0.25, -0.2) is 0 Å². The summed E-state index contributed by atoms with van der Waals surface area (Å²) in [5.74, 6) is 1.70. The lowest BCUT2D eigenvalue weighted by molar-refractivity contribution is 0.345. The van der Waals surface area contributed by atoms with Crippen LogP contribution in [0.25, 0.3) is 0 Å². The second-order valence-corrected chi connectivity index (χ2v) is 5.22. The lowest BCUT2D eigenvalue weighted by Gasteiger charge is -2.09. The fourth-order valence-corrected chi connectivity index (χ4v) is 2.35. The van der Waals surface area contributed by atoms with Crippen LogP contribution in [0.1, 0.15) is 5.56 Å². The van der Waals surface area contributed by atoms with Crippen molar-refractivity contribution < 1.29 is 4.74 Å². The van der Waals surface area contributed by atoms with Crippen LogP contribution in [0.15, 0.2) is 53.4 Å². The fraction of sp³-hybridized carbons (Fsp3) is 0.200. The number of ether oxygens (including phenoxy) is 1. The lowest BCUT2D eigenvalue weighted by atomic mass is 10.2. The zero-order chi connectivity index (χ0) is 12.8. The van der Waals surface area contributed by atoms with Crippen molar-refractivity contribution in [3.8, 4) is 5.75 Å². The molecule has 0 aliphatic heterocycles. The second-order valence-electron chi connectivity index (χ2n) is 4.05. The summed E-state index contributed by atoms with van der Waals surface area (Å²) >= 11 is 1.78. The smallest absolute Gasteiger partial charge is 0.142 e. The Morgan fingerprint density at radius 2 is 1.89 bits per heavy atom. The first-order valence-electron chi connectivity index (χ1n) is 5.92. The second kappa shape index (κ2) is 6.36. The number of anilines is 1. The number of rotatable bonds is 5. The third kappa shape index (κ3) is 3.70. The van der Waals surface area contributed by atoms with Gasteiger partial charge in [0.2, 0.25) is 0 Å². The predicted octanol–water partition coefficient (Wildman–Crippen LogP) is 3.75. The zero-order valence-corrected chi connectivity index (χ0v) is 11.2. The molecule has 3 heteroatoms. The maximum absolute atomic E-state index is 5.85. The van der Waals surface area contributed by atoms with Crippen molar-refractivity contribution in [3.63, 3.8) is 0 Å². The van der Waals surface area contributed by atoms with Gasteiger partial charge in [0.15, 0.2) is 0 Å². The van der Waals surface area contributed by atoms with E-state index < -0.39 is 0 Å². The number of benzene rings is 2. The van der Waals surface area contributed by atoms with Gasteiger partial charge in [-0.3, -0.25) is 0 Å². The summed E-state index contributed by atoms with van der Waals surface area (Å²) in [6, 6.07) is 16.2. The topological polar surface area (TPSA) is 35.2 Å². The molecule has 0 saturated heterocycles. The largest absolute Gasteiger partial charge is 0.491 e. The molecule has 0 radical (unpaired) electrons. The summed E-state index contributed by atoms with van der Waals surface area (Å²) in [5.41, 5.74) is 7.71. The lowest BCUT2D eigenvalue weighted by Crippen LogP contribution is -2.02. The molecular weight excluding hydrogens is 242 g/mol. The van der Waals surface area contributed by atoms with Gasteiger partial charge in [-0.05, 0) is 36.8 Å². The van der Waals surface area contributed by atoms with Crippen molar-refractivity contribution in [3.05, 3.63) is 54.1 Å². The van der Waals surface area contributed by atoms with E-state index >= 15 is 0 Å². The van der Waals surface area contributed by atoms with Crippen LogP contribution < -0.4 is 10.5 Å². The van der Waals surface area contributed by atoms with E-state index in [9.17, 15) is 0 Å². The quantitative estimate of drug-likeness (QED) is 0.504. The minimum absolute atomic E-state index is 0.660. The number of aryl methyl sites for hydroxylation is 1. The molecule has 0 spiro atoms. The van der Waals surface area contributed by atoms with E-state index in [1.54, 1.807) is 11.8 Å². The summed E-state index contributed by atoms with van der Waals surface area (Å²) in [4.78, 5) is 1.26. The van der Waals surface area contributed by atoms with E-state index in [4.69, 9.17) is 10.5 Å². The minimum Gasteiger partial charge on any atom is -0.491 e. The van der Waals surface area contributed by atoms with Crippen molar-refractivity contribution in [1.29, 1.82) is 0 Å². The molecule has 2 N–H and O–H groups in total. The highest BCUT2D eigenvalue weighted by molar-refractivity contribution is 7.99. The van der Waals surface area contributed by atoms with Crippen LogP contribution in [0.2, 0.25) is 0 Å². The highest BCUT2D eigenvalue weighted by Gasteiger charge is 2.00. The third-order valence-electron chi connectivity index (χ3n) is 2.52. The molecule has 0 bridgehead atoms. The molecule has 0 fully saturated rings. The maximum atomic E-state index is 5.85. The summed E-state index contributed by atoms with van der Waals surface area (Å²) in [6.07, 6.45) is 0. The van der Waals surface area contributed by atoms with E-state index in [1.807, 2.05) is 43.3 Å². The molecule has 0 atom stereocenters. The molecule has 18 heavy (non-hydrogen) atoms. The van der Waals surface area contributed by atoms with Gasteiger partial charge in [-0.1, -0.05) is 24.3 Å². The van der Waals surface area contributed by atoms with Crippen molar-refractivity contribution in [2.24, 2.45) is 0 Å². The van der Waals surface area contributed by atoms with Crippen LogP contribution in [-0.2, 0) is 0 Å². The number of nitrogens with two attached hydrogens (primary N) is 1. The number of thioether (sulfide) groups is 1. The van der Waals surface area contributed by atoms with Crippen LogP contribution in [-0.4, -0.2) is 12.4 Å². The molecule has 0 amide bonds. The molecule has 94 valence electrons. The average Bonchev–Trinajstić information content (AvgIpc) is 2.40. The first kappa shape index (κ1) is 12.8. The van der Waals surface area contributed by atoms with Gasteiger partial charge in [0, 0.05) is 10.6 Å². The molecule has 2 rings (SSSR count). The van der Waals surface area contributed by atoms with E-state index in [-0.39, 0.29) is 0 Å². The Morgan fingerprint density at radius 3 is 2.67 bits per heavy atom. The van der Waals surface area contributed by atoms with Crippen molar-refractivity contribution >= 4 is 17.4 Å². The van der Waals surface area contributed by atoms with E-state index in [1.165, 1.54) is 4.90 Å². The third-order valence-corrected chi connectivity index (χ3v) is 3.50. The van der Waals surface area contributed by atoms with Gasteiger partial charge in [-0.15, -0.1) is 11.8 Å². The van der Waals surface area contributed by atoms with E-state index in [2.05, 4.69) is 12.1 Å². The van der Waals surface area contributed by atoms with E-state index in [0.29, 0.717) is 12.3 Å². The average molecular weight is 259 g/mol. The Hall–Kier alpha value is -1.61. The van der Waals surface area contributed by atoms with Crippen LogP contribution >= 0.6 is 11.8 Å². The first-order chi connectivity index (χ1) is 8.75. The normalized spacial score (nSPS) is 10.3. The summed E-state index contributed by atoms with van der Waals surface area (Å²) < 4.78 is 5.69. The van der Waals surface area contributed by atoms with Crippen molar-refractivity contribution in [1.82, 2.24) is 0 Å². The highest BCUT2D eigenvalue weighted by Crippen LogP contribution is 2.23. The number of hydrogen-bond donors (Lipinski definition) is 1. The van der Waals surface area contributed by atoms with Gasteiger partial charge >= 0.3 is 0 Å². The molecule has 0 aromatic heterocycles. The number of hydrogen-bond acceptors (Lipinski definition) is 3. The van der Waals surface area contributed by atoms with Crippen LogP contribution in [0.3, 0.4) is 0 Å². The fourth-order valence-electron chi connectivity index (χ4n) is 1.59. The molecule has 0 unspecified atom stereocenters. The molecule has 2 aromatic rings. The van der Waals surface area contributed by atoms with Gasteiger partial charge in [0.25, 0.3) is 0 Å². The van der Waals surface area contributed by atoms with Crippen LogP contribution in [0, 0.1) is 6.92 Å². The van der Waals surface area contributed by atoms with Gasteiger partial charge in [-0.2, -0.15) is 0 Å². The molecule has 2 aromatic carbocycles. The molecule has 0 saturated carbocycles. The minimum atomic E-state index is 0.660. The molecular formula is C15H17NOS. The first-order valence-corrected chi connectivity index (χ1v) is 6.91. The molecule has 0 heterocycles. The zero-order valence-electron chi connectivity index (χ0n) is 10.4. The van der Waals surface area contributed by atoms with Gasteiger partial charge < -0.3 is 10.5 Å². The molecule has 2 nitrogen and oxygen atoms in total. The Morgan fingerprint density at radius 1 is 1.11 bits per heavy atom. The standard InChI is InChI=1S/C15H17NOS/c1-12-7-8-14(16)15(11-12)17-9-10-18-13-5-3-2-4-6-13/h2-8,11H,9-10,16H2,1H3. The van der Waals surface area contributed by atoms with Crippen molar-refractivity contribution in [2.45, 2.75) is 11.8 Å². The van der Waals surface area contributed by atoms with Crippen molar-refractivity contribution in [2.75, 3.05) is 18.1 Å². The monoisotopic (exact) mass is 259 g/mol. The van der Waals surface area contributed by atoms with Gasteiger partial charge in [0.05, 0.1) is 12.3 Å². The Kier molecular flexibility index (Phi) is 4.53. The summed E-state index contributed by atoms with van der Waals surface area (Å²) in [6.45, 7) is 2.69.